The SMILES string of the molecule is C.[2H]/C(=C(/C)c1cccc(C(O)CCC)c1)C(O)(CCC)CCC.[2H]C(O)(CCC)c1cccc(/C=C/C2(O)CCCCC2)c1.[2H]C([2H])(C)CC(O)c1cccc(/C=C/C2(O)CCCCC2)c1.[2H]C([2H])(CC)C(O)c1cccc(/C=C/C2(O)CCCCC2)c1.[2H]c1ccc(/C=C/C2(O)CCCCC2)cc1C(O)CCC. The van der Waals surface area contributed by atoms with E-state index in [2.05, 4.69) is 6.92 Å². The van der Waals surface area contributed by atoms with Crippen LogP contribution in [0.5, 0.6) is 0 Å². The van der Waals surface area contributed by atoms with E-state index in [1.807, 2.05) is 174 Å². The molecule has 10 nitrogen and oxygen atoms in total. The van der Waals surface area contributed by atoms with Crippen LogP contribution in [0, 0.1) is 0 Å². The van der Waals surface area contributed by atoms with Gasteiger partial charge in [-0.2, -0.15) is 0 Å². The molecule has 572 valence electrons. The molecule has 5 aromatic rings. The van der Waals surface area contributed by atoms with Crippen LogP contribution < -0.4 is 0 Å². The van der Waals surface area contributed by atoms with Crippen LogP contribution >= 0.6 is 0 Å². The van der Waals surface area contributed by atoms with Crippen molar-refractivity contribution < 1.29 is 60.7 Å². The molecule has 0 aliphatic heterocycles. The van der Waals surface area contributed by atoms with Crippen LogP contribution in [0.15, 0.2) is 152 Å². The second kappa shape index (κ2) is 47.9. The number of aliphatic hydroxyl groups excluding tert-OH is 4. The molecule has 5 aromatic carbocycles. The molecule has 0 saturated heterocycles. The maximum atomic E-state index is 10.9. The summed E-state index contributed by atoms with van der Waals surface area (Å²) in [6, 6.07) is 36.0. The minimum Gasteiger partial charge on any atom is -0.388 e. The number of allylic oxidation sites excluding steroid dienone is 1. The monoisotopic (exact) mass is 1420 g/mol. The average Bonchev–Trinajstić information content (AvgIpc) is 0.826. The van der Waals surface area contributed by atoms with Gasteiger partial charge in [0, 0.05) is 5.48 Å². The Labute approximate surface area is 634 Å². The van der Waals surface area contributed by atoms with Gasteiger partial charge in [0.05, 0.1) is 62.6 Å². The first-order valence-electron chi connectivity index (χ1n) is 42.5. The summed E-state index contributed by atoms with van der Waals surface area (Å²) in [5.41, 5.74) is 4.99. The molecule has 4 saturated carbocycles. The Morgan fingerprint density at radius 1 is 0.427 bits per heavy atom. The van der Waals surface area contributed by atoms with E-state index in [0.717, 1.165) is 180 Å². The Hall–Kier alpha value is -5.60. The summed E-state index contributed by atoms with van der Waals surface area (Å²) in [6.45, 7) is 15.2. The maximum absolute atomic E-state index is 10.9. The lowest BCUT2D eigenvalue weighted by Crippen LogP contribution is -2.28. The van der Waals surface area contributed by atoms with Crippen molar-refractivity contribution in [2.24, 2.45) is 0 Å². The molecule has 0 aromatic heterocycles. The molecule has 5 atom stereocenters. The number of hydrogen-bond donors (Lipinski definition) is 10. The number of benzene rings is 5. The van der Waals surface area contributed by atoms with Crippen molar-refractivity contribution in [2.45, 2.75) is 340 Å². The fourth-order valence-electron chi connectivity index (χ4n) is 14.0. The zero-order valence-corrected chi connectivity index (χ0v) is 63.5. The Bertz CT molecular complexity index is 3620. The van der Waals surface area contributed by atoms with Gasteiger partial charge in [0.1, 0.15) is 0 Å². The van der Waals surface area contributed by atoms with Gasteiger partial charge in [-0.15, -0.1) is 0 Å². The first-order valence-corrected chi connectivity index (χ1v) is 39.0. The van der Waals surface area contributed by atoms with Crippen molar-refractivity contribution in [1.29, 1.82) is 0 Å². The molecule has 10 heteroatoms. The van der Waals surface area contributed by atoms with E-state index in [1.54, 1.807) is 31.2 Å². The molecule has 0 spiro atoms. The maximum Gasteiger partial charge on any atom is 0.0833 e. The lowest BCUT2D eigenvalue weighted by molar-refractivity contribution is 0.0517. The topological polar surface area (TPSA) is 202 Å². The van der Waals surface area contributed by atoms with Crippen LogP contribution in [0.1, 0.15) is 377 Å². The molecule has 0 amide bonds. The van der Waals surface area contributed by atoms with Gasteiger partial charge in [-0.25, -0.2) is 0 Å². The first-order chi connectivity index (χ1) is 51.5. The highest BCUT2D eigenvalue weighted by molar-refractivity contribution is 5.65. The predicted molar refractivity (Wildman–Crippen MR) is 435 cm³/mol. The molecule has 4 fully saturated rings. The van der Waals surface area contributed by atoms with Crippen LogP contribution in [0.2, 0.25) is 0 Å². The van der Waals surface area contributed by atoms with Crippen molar-refractivity contribution in [3.05, 3.63) is 207 Å². The highest BCUT2D eigenvalue weighted by Crippen LogP contribution is 2.36. The van der Waals surface area contributed by atoms with Crippen molar-refractivity contribution in [2.75, 3.05) is 0 Å². The Morgan fingerprint density at radius 2 is 0.757 bits per heavy atom. The minimum absolute atomic E-state index is 0. The van der Waals surface area contributed by atoms with Crippen molar-refractivity contribution in [3.8, 4) is 0 Å². The summed E-state index contributed by atoms with van der Waals surface area (Å²) in [6.07, 6.45) is 35.0. The molecule has 0 radical (unpaired) electrons. The van der Waals surface area contributed by atoms with Gasteiger partial charge in [-0.05, 0) is 201 Å². The van der Waals surface area contributed by atoms with Crippen molar-refractivity contribution in [1.82, 2.24) is 0 Å². The van der Waals surface area contributed by atoms with Gasteiger partial charge in [0.2, 0.25) is 0 Å². The molecule has 4 aliphatic rings. The van der Waals surface area contributed by atoms with Crippen LogP contribution in [-0.4, -0.2) is 79.1 Å². The normalized spacial score (nSPS) is 20.3. The van der Waals surface area contributed by atoms with Gasteiger partial charge in [-0.3, -0.25) is 0 Å². The summed E-state index contributed by atoms with van der Waals surface area (Å²) in [5.74, 6) is 0. The van der Waals surface area contributed by atoms with Gasteiger partial charge < -0.3 is 51.1 Å². The second-order valence-electron chi connectivity index (χ2n) is 29.3. The Morgan fingerprint density at radius 3 is 1.14 bits per heavy atom. The summed E-state index contributed by atoms with van der Waals surface area (Å²) in [4.78, 5) is 0. The summed E-state index contributed by atoms with van der Waals surface area (Å²) in [7, 11) is 0. The van der Waals surface area contributed by atoms with E-state index in [4.69, 9.17) is 9.60 Å². The summed E-state index contributed by atoms with van der Waals surface area (Å²) >= 11 is 0. The van der Waals surface area contributed by atoms with Crippen LogP contribution in [0.3, 0.4) is 0 Å². The highest BCUT2D eigenvalue weighted by Gasteiger charge is 2.29. The lowest BCUT2D eigenvalue weighted by atomic mass is 9.84. The third-order valence-corrected chi connectivity index (χ3v) is 20.0. The second-order valence-corrected chi connectivity index (χ2v) is 29.3. The van der Waals surface area contributed by atoms with E-state index in [-0.39, 0.29) is 20.3 Å². The summed E-state index contributed by atoms with van der Waals surface area (Å²) < 4.78 is 55.2. The molecular formula is C93H140O10. The fraction of sp³-hybridized carbons (Fsp3) is 0.570. The lowest BCUT2D eigenvalue weighted by Gasteiger charge is -2.28. The van der Waals surface area contributed by atoms with Gasteiger partial charge in [0.25, 0.3) is 0 Å². The Balaban J connectivity index is 0.000000290. The van der Waals surface area contributed by atoms with E-state index in [9.17, 15) is 51.1 Å². The van der Waals surface area contributed by atoms with E-state index >= 15 is 0 Å². The zero-order valence-electron chi connectivity index (χ0n) is 70.5. The van der Waals surface area contributed by atoms with Gasteiger partial charge in [-0.1, -0.05) is 317 Å². The van der Waals surface area contributed by atoms with Crippen LogP contribution in [0.4, 0.5) is 0 Å². The molecular weight excluding hydrogens is 1280 g/mol. The smallest absolute Gasteiger partial charge is 0.0833 e. The molecule has 0 heterocycles. The number of hydrogen-bond acceptors (Lipinski definition) is 10. The minimum atomic E-state index is -1.64. The van der Waals surface area contributed by atoms with Gasteiger partial charge in [0.15, 0.2) is 0 Å². The molecule has 0 bridgehead atoms. The standard InChI is InChI=1S/C20H32O2.4C18H26O2.CH4/c1-5-9-19(21)18-11-8-10-17(14-18)16(4)15-20(22,12-6-2)13-7-3;4*1-2-7-17(19)16-9-6-8-15(14-16)10-13-18(20)11-4-3-5-12-18;/h8,10-11,14-15,19,21-22H,5-7,9,12-13H2,1-4H3;4*6,8-10,13-14,17,19-20H,2-5,7,11-12H2,1H3;1H4/b16-15+;4*13-10+;/i15D;17D;9D;7D2;2D2;. The third kappa shape index (κ3) is 33.4. The number of rotatable bonds is 29. The number of aliphatic hydroxyl groups is 10. The first kappa shape index (κ1) is 78.5. The Kier molecular flexibility index (Phi) is 36.5. The van der Waals surface area contributed by atoms with E-state index < -0.39 is 71.2 Å². The largest absolute Gasteiger partial charge is 0.388 e. The fourth-order valence-corrected chi connectivity index (χ4v) is 14.0. The van der Waals surface area contributed by atoms with Crippen LogP contribution in [-0.2, 0) is 0 Å². The van der Waals surface area contributed by atoms with Crippen molar-refractivity contribution >= 4 is 29.9 Å². The molecule has 9 rings (SSSR count). The predicted octanol–water partition coefficient (Wildman–Crippen LogP) is 22.8. The zero-order chi connectivity index (χ0) is 80.5. The third-order valence-electron chi connectivity index (χ3n) is 20.0. The molecule has 5 unspecified atom stereocenters. The average molecular weight is 1430 g/mol. The van der Waals surface area contributed by atoms with E-state index in [0.29, 0.717) is 60.0 Å². The van der Waals surface area contributed by atoms with E-state index in [1.165, 1.54) is 32.6 Å². The quantitative estimate of drug-likeness (QED) is 0.0220. The van der Waals surface area contributed by atoms with Crippen LogP contribution in [0.25, 0.3) is 29.9 Å². The molecule has 10 N–H and O–H groups in total. The van der Waals surface area contributed by atoms with Gasteiger partial charge >= 0.3 is 0 Å². The van der Waals surface area contributed by atoms with Crippen molar-refractivity contribution in [3.63, 3.8) is 0 Å². The molecule has 103 heavy (non-hydrogen) atoms. The summed E-state index contributed by atoms with van der Waals surface area (Å²) in [5, 5.41) is 104. The highest BCUT2D eigenvalue weighted by atomic mass is 16.3. The molecule has 4 aliphatic carbocycles.